The molecule has 0 aromatic carbocycles. The maximum atomic E-state index is 13.3. The lowest BCUT2D eigenvalue weighted by molar-refractivity contribution is -0.141. The first-order valence-corrected chi connectivity index (χ1v) is 9.26. The topological polar surface area (TPSA) is 114 Å². The highest BCUT2D eigenvalue weighted by atomic mass is 19.4. The van der Waals surface area contributed by atoms with Crippen molar-refractivity contribution < 1.29 is 28.2 Å². The first-order chi connectivity index (χ1) is 14.7. The fourth-order valence-electron chi connectivity index (χ4n) is 2.95. The average Bonchev–Trinajstić information content (AvgIpc) is 3.49. The highest BCUT2D eigenvalue weighted by molar-refractivity contribution is 6.19. The number of carboxylic acids is 1. The molecule has 1 saturated carbocycles. The Morgan fingerprint density at radius 2 is 2.00 bits per heavy atom. The standard InChI is InChI=1S/C20H16F3N5O3/c21-20(22,23)17-6-13(5-16(26-17)11-1-2-11)18-25-10-28(27-18)8-15(19(30)31)12-3-4-14(9-29)24-7-12/h3-8,10-11,29H,1-2,9H2,(H,30,31)/b15-8+. The molecule has 3 aromatic heterocycles. The van der Waals surface area contributed by atoms with E-state index >= 15 is 0 Å². The summed E-state index contributed by atoms with van der Waals surface area (Å²) < 4.78 is 40.9. The van der Waals surface area contributed by atoms with Crippen LogP contribution in [0.2, 0.25) is 0 Å². The van der Waals surface area contributed by atoms with Crippen LogP contribution in [0.4, 0.5) is 13.2 Å². The summed E-state index contributed by atoms with van der Waals surface area (Å²) in [5.74, 6) is -1.24. The summed E-state index contributed by atoms with van der Waals surface area (Å²) in [5, 5.41) is 22.7. The van der Waals surface area contributed by atoms with Crippen LogP contribution in [-0.2, 0) is 17.6 Å². The van der Waals surface area contributed by atoms with Gasteiger partial charge in [0.2, 0.25) is 0 Å². The fraction of sp³-hybridized carbons (Fsp3) is 0.250. The molecule has 1 aliphatic rings. The first-order valence-electron chi connectivity index (χ1n) is 9.26. The Morgan fingerprint density at radius 3 is 2.58 bits per heavy atom. The molecule has 11 heteroatoms. The van der Waals surface area contributed by atoms with Crippen LogP contribution in [-0.4, -0.2) is 40.9 Å². The average molecular weight is 431 g/mol. The number of carbonyl (C=O) groups is 1. The molecule has 8 nitrogen and oxygen atoms in total. The molecule has 4 rings (SSSR count). The van der Waals surface area contributed by atoms with Crippen molar-refractivity contribution in [3.63, 3.8) is 0 Å². The molecule has 0 radical (unpaired) electrons. The van der Waals surface area contributed by atoms with Crippen LogP contribution in [0.5, 0.6) is 0 Å². The molecule has 1 fully saturated rings. The Labute approximate surface area is 173 Å². The van der Waals surface area contributed by atoms with E-state index in [4.69, 9.17) is 5.11 Å². The molecule has 1 aliphatic carbocycles. The predicted molar refractivity (Wildman–Crippen MR) is 102 cm³/mol. The van der Waals surface area contributed by atoms with Crippen molar-refractivity contribution in [2.24, 2.45) is 0 Å². The Morgan fingerprint density at radius 1 is 1.23 bits per heavy atom. The van der Waals surface area contributed by atoms with Gasteiger partial charge in [0.1, 0.15) is 12.0 Å². The second kappa shape index (κ2) is 7.91. The van der Waals surface area contributed by atoms with Crippen molar-refractivity contribution >= 4 is 17.7 Å². The van der Waals surface area contributed by atoms with Crippen LogP contribution in [0.1, 0.15) is 41.4 Å². The lowest BCUT2D eigenvalue weighted by Crippen LogP contribution is -2.10. The summed E-state index contributed by atoms with van der Waals surface area (Å²) in [7, 11) is 0. The monoisotopic (exact) mass is 431 g/mol. The van der Waals surface area contributed by atoms with E-state index in [1.165, 1.54) is 36.9 Å². The molecule has 2 N–H and O–H groups in total. The third-order valence-electron chi connectivity index (χ3n) is 4.69. The third-order valence-corrected chi connectivity index (χ3v) is 4.69. The Hall–Kier alpha value is -3.60. The van der Waals surface area contributed by atoms with E-state index in [0.717, 1.165) is 23.6 Å². The predicted octanol–water partition coefficient (Wildman–Crippen LogP) is 3.21. The van der Waals surface area contributed by atoms with Crippen LogP contribution in [0.25, 0.3) is 23.2 Å². The molecule has 0 spiro atoms. The van der Waals surface area contributed by atoms with E-state index in [1.807, 2.05) is 0 Å². The number of aliphatic hydroxyl groups excluding tert-OH is 1. The highest BCUT2D eigenvalue weighted by Gasteiger charge is 2.35. The van der Waals surface area contributed by atoms with E-state index in [9.17, 15) is 23.1 Å². The lowest BCUT2D eigenvalue weighted by Gasteiger charge is -2.09. The van der Waals surface area contributed by atoms with Gasteiger partial charge in [-0.1, -0.05) is 6.07 Å². The van der Waals surface area contributed by atoms with Gasteiger partial charge in [0.15, 0.2) is 5.82 Å². The van der Waals surface area contributed by atoms with Gasteiger partial charge in [-0.15, -0.1) is 5.10 Å². The van der Waals surface area contributed by atoms with Crippen molar-refractivity contribution in [3.8, 4) is 11.4 Å². The molecule has 0 atom stereocenters. The van der Waals surface area contributed by atoms with Gasteiger partial charge >= 0.3 is 12.1 Å². The summed E-state index contributed by atoms with van der Waals surface area (Å²) in [5.41, 5.74) is -0.0275. The molecule has 0 unspecified atom stereocenters. The van der Waals surface area contributed by atoms with Crippen LogP contribution in [0, 0.1) is 0 Å². The minimum absolute atomic E-state index is 0.00367. The number of aliphatic hydroxyl groups is 1. The molecule has 0 bridgehead atoms. The van der Waals surface area contributed by atoms with Gasteiger partial charge in [-0.05, 0) is 31.0 Å². The third kappa shape index (κ3) is 4.61. The zero-order valence-electron chi connectivity index (χ0n) is 15.9. The van der Waals surface area contributed by atoms with Crippen molar-refractivity contribution in [1.29, 1.82) is 0 Å². The van der Waals surface area contributed by atoms with Gasteiger partial charge in [-0.3, -0.25) is 4.98 Å². The summed E-state index contributed by atoms with van der Waals surface area (Å²) in [4.78, 5) is 23.4. The number of halogens is 3. The van der Waals surface area contributed by atoms with Gasteiger partial charge in [0.25, 0.3) is 0 Å². The number of carboxylic acid groups (broad SMARTS) is 1. The Kier molecular flexibility index (Phi) is 5.27. The van der Waals surface area contributed by atoms with E-state index in [-0.39, 0.29) is 35.0 Å². The summed E-state index contributed by atoms with van der Waals surface area (Å²) in [6.45, 7) is -0.284. The van der Waals surface area contributed by atoms with Crippen molar-refractivity contribution in [2.45, 2.75) is 31.5 Å². The maximum Gasteiger partial charge on any atom is 0.433 e. The summed E-state index contributed by atoms with van der Waals surface area (Å²) in [6.07, 6.45) is 0.642. The van der Waals surface area contributed by atoms with E-state index in [2.05, 4.69) is 20.1 Å². The van der Waals surface area contributed by atoms with Gasteiger partial charge in [-0.25, -0.2) is 19.4 Å². The Bertz CT molecular complexity index is 1150. The smallest absolute Gasteiger partial charge is 0.433 e. The van der Waals surface area contributed by atoms with Gasteiger partial charge < -0.3 is 10.2 Å². The zero-order valence-corrected chi connectivity index (χ0v) is 15.9. The van der Waals surface area contributed by atoms with Gasteiger partial charge in [0, 0.05) is 35.1 Å². The minimum atomic E-state index is -4.60. The van der Waals surface area contributed by atoms with Crippen LogP contribution < -0.4 is 0 Å². The largest absolute Gasteiger partial charge is 0.478 e. The number of aromatic nitrogens is 5. The molecule has 0 amide bonds. The second-order valence-corrected chi connectivity index (χ2v) is 7.03. The number of rotatable bonds is 6. The second-order valence-electron chi connectivity index (χ2n) is 7.03. The summed E-state index contributed by atoms with van der Waals surface area (Å²) in [6, 6.07) is 5.38. The highest BCUT2D eigenvalue weighted by Crippen LogP contribution is 2.41. The molecule has 3 aromatic rings. The number of nitrogens with zero attached hydrogens (tertiary/aromatic N) is 5. The van der Waals surface area contributed by atoms with Crippen molar-refractivity contribution in [3.05, 3.63) is 59.4 Å². The lowest BCUT2D eigenvalue weighted by atomic mass is 10.1. The normalized spacial score (nSPS) is 14.6. The molecular weight excluding hydrogens is 415 g/mol. The number of aliphatic carboxylic acids is 1. The Balaban J connectivity index is 1.70. The zero-order chi connectivity index (χ0) is 22.2. The molecular formula is C20H16F3N5O3. The SMILES string of the molecule is O=C(O)/C(=C/n1cnc(-c2cc(C3CC3)nc(C(F)(F)F)c2)n1)c1ccc(CO)nc1. The molecule has 0 aliphatic heterocycles. The number of pyridine rings is 2. The molecule has 0 saturated heterocycles. The molecule has 160 valence electrons. The molecule has 31 heavy (non-hydrogen) atoms. The summed E-state index contributed by atoms with van der Waals surface area (Å²) >= 11 is 0. The van der Waals surface area contributed by atoms with Crippen LogP contribution in [0.3, 0.4) is 0 Å². The fourth-order valence-corrected chi connectivity index (χ4v) is 2.95. The quantitative estimate of drug-likeness (QED) is 0.576. The van der Waals surface area contributed by atoms with E-state index < -0.39 is 17.8 Å². The first kappa shape index (κ1) is 20.7. The minimum Gasteiger partial charge on any atom is -0.478 e. The van der Waals surface area contributed by atoms with E-state index in [0.29, 0.717) is 11.4 Å². The van der Waals surface area contributed by atoms with Gasteiger partial charge in [-0.2, -0.15) is 13.2 Å². The van der Waals surface area contributed by atoms with Crippen molar-refractivity contribution in [2.75, 3.05) is 0 Å². The number of hydrogen-bond acceptors (Lipinski definition) is 6. The number of hydrogen-bond donors (Lipinski definition) is 2. The number of alkyl halides is 3. The maximum absolute atomic E-state index is 13.3. The molecule has 3 heterocycles. The van der Waals surface area contributed by atoms with Crippen LogP contribution >= 0.6 is 0 Å². The van der Waals surface area contributed by atoms with Crippen molar-refractivity contribution in [1.82, 2.24) is 24.7 Å². The van der Waals surface area contributed by atoms with Crippen LogP contribution in [0.15, 0.2) is 36.8 Å². The van der Waals surface area contributed by atoms with Gasteiger partial charge in [0.05, 0.1) is 17.9 Å². The van der Waals surface area contributed by atoms with E-state index in [1.54, 1.807) is 0 Å².